The fraction of sp³-hybridized carbons (Fsp3) is 0.600. The van der Waals surface area contributed by atoms with Crippen molar-refractivity contribution in [3.8, 4) is 0 Å². The van der Waals surface area contributed by atoms with Crippen LogP contribution in [0.2, 0.25) is 0 Å². The number of nitrogens with zero attached hydrogens (tertiary/aromatic N) is 2. The third-order valence-corrected chi connectivity index (χ3v) is 3.78. The Labute approximate surface area is 123 Å². The lowest BCUT2D eigenvalue weighted by Gasteiger charge is -2.34. The van der Waals surface area contributed by atoms with Crippen molar-refractivity contribution in [1.82, 2.24) is 9.80 Å². The number of aliphatic hydroxyl groups is 1. The Morgan fingerprint density at radius 1 is 0.952 bits per heavy atom. The van der Waals surface area contributed by atoms with Crippen molar-refractivity contribution in [2.75, 3.05) is 39.3 Å². The van der Waals surface area contributed by atoms with Gasteiger partial charge in [0.15, 0.2) is 0 Å². The van der Waals surface area contributed by atoms with Gasteiger partial charge < -0.3 is 10.0 Å². The van der Waals surface area contributed by atoms with E-state index in [9.17, 15) is 13.2 Å². The molecule has 1 heterocycles. The SMILES string of the molecule is OCCCN1CCN(Cc2ccc(C(F)(F)F)cc2)CC1. The first-order chi connectivity index (χ1) is 9.99. The minimum absolute atomic E-state index is 0.214. The third kappa shape index (κ3) is 4.98. The van der Waals surface area contributed by atoms with E-state index in [0.717, 1.165) is 56.8 Å². The Balaban J connectivity index is 1.81. The first kappa shape index (κ1) is 16.3. The Kier molecular flexibility index (Phi) is 5.61. The van der Waals surface area contributed by atoms with Crippen LogP contribution in [0.4, 0.5) is 13.2 Å². The second-order valence-electron chi connectivity index (χ2n) is 5.39. The Morgan fingerprint density at radius 2 is 1.52 bits per heavy atom. The van der Waals surface area contributed by atoms with Crippen LogP contribution in [0, 0.1) is 0 Å². The summed E-state index contributed by atoms with van der Waals surface area (Å²) in [6, 6.07) is 5.40. The van der Waals surface area contributed by atoms with Crippen molar-refractivity contribution < 1.29 is 18.3 Å². The largest absolute Gasteiger partial charge is 0.416 e. The second kappa shape index (κ2) is 7.24. The predicted octanol–water partition coefficient (Wildman–Crippen LogP) is 2.21. The van der Waals surface area contributed by atoms with Gasteiger partial charge in [-0.2, -0.15) is 13.2 Å². The molecular weight excluding hydrogens is 281 g/mol. The lowest BCUT2D eigenvalue weighted by molar-refractivity contribution is -0.137. The molecule has 0 saturated carbocycles. The van der Waals surface area contributed by atoms with Gasteiger partial charge in [-0.25, -0.2) is 0 Å². The maximum Gasteiger partial charge on any atom is 0.416 e. The van der Waals surface area contributed by atoms with Gasteiger partial charge in [0.25, 0.3) is 0 Å². The summed E-state index contributed by atoms with van der Waals surface area (Å²) in [5.41, 5.74) is 0.312. The maximum absolute atomic E-state index is 12.5. The summed E-state index contributed by atoms with van der Waals surface area (Å²) in [6.45, 7) is 5.52. The van der Waals surface area contributed by atoms with Crippen molar-refractivity contribution in [3.63, 3.8) is 0 Å². The van der Waals surface area contributed by atoms with E-state index in [1.165, 1.54) is 0 Å². The second-order valence-corrected chi connectivity index (χ2v) is 5.39. The van der Waals surface area contributed by atoms with Crippen LogP contribution in [-0.2, 0) is 12.7 Å². The molecule has 1 saturated heterocycles. The summed E-state index contributed by atoms with van der Waals surface area (Å²) in [7, 11) is 0. The van der Waals surface area contributed by atoms with Crippen molar-refractivity contribution in [1.29, 1.82) is 0 Å². The number of rotatable bonds is 5. The molecule has 1 N–H and O–H groups in total. The highest BCUT2D eigenvalue weighted by atomic mass is 19.4. The van der Waals surface area contributed by atoms with E-state index >= 15 is 0 Å². The van der Waals surface area contributed by atoms with E-state index in [1.54, 1.807) is 12.1 Å². The van der Waals surface area contributed by atoms with Crippen LogP contribution in [-0.4, -0.2) is 54.2 Å². The zero-order valence-corrected chi connectivity index (χ0v) is 11.9. The number of benzene rings is 1. The van der Waals surface area contributed by atoms with E-state index in [2.05, 4.69) is 9.80 Å². The summed E-state index contributed by atoms with van der Waals surface area (Å²) in [5, 5.41) is 8.81. The Hall–Kier alpha value is -1.11. The lowest BCUT2D eigenvalue weighted by atomic mass is 10.1. The minimum atomic E-state index is -4.27. The minimum Gasteiger partial charge on any atom is -0.396 e. The Bertz CT molecular complexity index is 426. The van der Waals surface area contributed by atoms with Crippen LogP contribution in [0.25, 0.3) is 0 Å². The molecule has 6 heteroatoms. The summed E-state index contributed by atoms with van der Waals surface area (Å²) in [5.74, 6) is 0. The average Bonchev–Trinajstić information content (AvgIpc) is 2.46. The molecular formula is C15H21F3N2O. The van der Waals surface area contributed by atoms with E-state index < -0.39 is 11.7 Å². The number of aliphatic hydroxyl groups excluding tert-OH is 1. The smallest absolute Gasteiger partial charge is 0.396 e. The normalized spacial score (nSPS) is 18.1. The number of piperazine rings is 1. The first-order valence-electron chi connectivity index (χ1n) is 7.21. The number of hydrogen-bond acceptors (Lipinski definition) is 3. The lowest BCUT2D eigenvalue weighted by Crippen LogP contribution is -2.46. The van der Waals surface area contributed by atoms with Gasteiger partial charge >= 0.3 is 6.18 Å². The van der Waals surface area contributed by atoms with Crippen LogP contribution >= 0.6 is 0 Å². The molecule has 0 unspecified atom stereocenters. The van der Waals surface area contributed by atoms with E-state index in [4.69, 9.17) is 5.11 Å². The van der Waals surface area contributed by atoms with Crippen LogP contribution in [0.5, 0.6) is 0 Å². The molecule has 1 fully saturated rings. The standard InChI is InChI=1S/C15H21F3N2O/c16-15(17,18)14-4-2-13(3-5-14)12-20-9-7-19(8-10-20)6-1-11-21/h2-5,21H,1,6-12H2. The molecule has 0 aromatic heterocycles. The topological polar surface area (TPSA) is 26.7 Å². The van der Waals surface area contributed by atoms with Crippen LogP contribution < -0.4 is 0 Å². The van der Waals surface area contributed by atoms with Gasteiger partial charge in [0.05, 0.1) is 5.56 Å². The quantitative estimate of drug-likeness (QED) is 0.903. The molecule has 3 nitrogen and oxygen atoms in total. The van der Waals surface area contributed by atoms with Crippen LogP contribution in [0.1, 0.15) is 17.5 Å². The van der Waals surface area contributed by atoms with E-state index in [-0.39, 0.29) is 6.61 Å². The van der Waals surface area contributed by atoms with Gasteiger partial charge in [0.1, 0.15) is 0 Å². The molecule has 1 aromatic carbocycles. The van der Waals surface area contributed by atoms with Gasteiger partial charge in [-0.05, 0) is 24.1 Å². The highest BCUT2D eigenvalue weighted by Crippen LogP contribution is 2.29. The summed E-state index contributed by atoms with van der Waals surface area (Å²) < 4.78 is 37.5. The molecule has 2 rings (SSSR count). The molecule has 0 bridgehead atoms. The fourth-order valence-corrected chi connectivity index (χ4v) is 2.52. The molecule has 21 heavy (non-hydrogen) atoms. The number of alkyl halides is 3. The van der Waals surface area contributed by atoms with Gasteiger partial charge in [0.2, 0.25) is 0 Å². The van der Waals surface area contributed by atoms with Crippen molar-refractivity contribution in [2.24, 2.45) is 0 Å². The van der Waals surface area contributed by atoms with Gasteiger partial charge in [-0.1, -0.05) is 12.1 Å². The van der Waals surface area contributed by atoms with Gasteiger partial charge in [0, 0.05) is 45.9 Å². The Morgan fingerprint density at radius 3 is 2.05 bits per heavy atom. The van der Waals surface area contributed by atoms with E-state index in [0.29, 0.717) is 6.54 Å². The van der Waals surface area contributed by atoms with Crippen molar-refractivity contribution in [3.05, 3.63) is 35.4 Å². The molecule has 0 atom stereocenters. The molecule has 0 radical (unpaired) electrons. The van der Waals surface area contributed by atoms with Gasteiger partial charge in [-0.15, -0.1) is 0 Å². The summed E-state index contributed by atoms with van der Waals surface area (Å²) in [6.07, 6.45) is -3.48. The predicted molar refractivity (Wildman–Crippen MR) is 74.9 cm³/mol. The molecule has 1 aromatic rings. The van der Waals surface area contributed by atoms with E-state index in [1.807, 2.05) is 0 Å². The van der Waals surface area contributed by atoms with Crippen molar-refractivity contribution >= 4 is 0 Å². The maximum atomic E-state index is 12.5. The third-order valence-electron chi connectivity index (χ3n) is 3.78. The van der Waals surface area contributed by atoms with Crippen LogP contribution in [0.15, 0.2) is 24.3 Å². The molecule has 1 aliphatic rings. The highest BCUT2D eigenvalue weighted by molar-refractivity contribution is 5.24. The molecule has 1 aliphatic heterocycles. The number of halogens is 3. The van der Waals surface area contributed by atoms with Gasteiger partial charge in [-0.3, -0.25) is 4.90 Å². The summed E-state index contributed by atoms with van der Waals surface area (Å²) >= 11 is 0. The molecule has 0 spiro atoms. The summed E-state index contributed by atoms with van der Waals surface area (Å²) in [4.78, 5) is 4.55. The van der Waals surface area contributed by atoms with Crippen LogP contribution in [0.3, 0.4) is 0 Å². The highest BCUT2D eigenvalue weighted by Gasteiger charge is 2.30. The average molecular weight is 302 g/mol. The first-order valence-corrected chi connectivity index (χ1v) is 7.21. The zero-order valence-electron chi connectivity index (χ0n) is 11.9. The fourth-order valence-electron chi connectivity index (χ4n) is 2.52. The van der Waals surface area contributed by atoms with Crippen molar-refractivity contribution in [2.45, 2.75) is 19.1 Å². The molecule has 0 aliphatic carbocycles. The zero-order chi connectivity index (χ0) is 15.3. The monoisotopic (exact) mass is 302 g/mol. The number of hydrogen-bond donors (Lipinski definition) is 1. The molecule has 118 valence electrons. The molecule has 0 amide bonds.